The van der Waals surface area contributed by atoms with E-state index >= 15 is 0 Å². The highest BCUT2D eigenvalue weighted by atomic mass is 35.5. The molecular formula is C23H18ClF3N4O4S. The number of benzene rings is 2. The molecule has 0 fully saturated rings. The van der Waals surface area contributed by atoms with Crippen molar-refractivity contribution in [2.45, 2.75) is 18.8 Å². The van der Waals surface area contributed by atoms with Crippen molar-refractivity contribution in [3.05, 3.63) is 69.2 Å². The van der Waals surface area contributed by atoms with Crippen molar-refractivity contribution >= 4 is 57.4 Å². The highest BCUT2D eigenvalue weighted by molar-refractivity contribution is 8.18. The van der Waals surface area contributed by atoms with Gasteiger partial charge in [-0.05, 0) is 53.2 Å². The van der Waals surface area contributed by atoms with Crippen LogP contribution in [0.4, 0.5) is 13.2 Å². The van der Waals surface area contributed by atoms with Crippen LogP contribution in [0.15, 0.2) is 52.5 Å². The first-order chi connectivity index (χ1) is 17.0. The normalized spacial score (nSPS) is 16.0. The van der Waals surface area contributed by atoms with E-state index in [1.807, 2.05) is 0 Å². The third-order valence-corrected chi connectivity index (χ3v) is 6.81. The first-order valence-corrected chi connectivity index (χ1v) is 11.6. The predicted molar refractivity (Wildman–Crippen MR) is 130 cm³/mol. The van der Waals surface area contributed by atoms with Gasteiger partial charge in [0.15, 0.2) is 11.2 Å². The molecule has 0 saturated heterocycles. The van der Waals surface area contributed by atoms with Gasteiger partial charge >= 0.3 is 12.1 Å². The lowest BCUT2D eigenvalue weighted by atomic mass is 10.1. The van der Waals surface area contributed by atoms with Crippen molar-refractivity contribution in [1.29, 1.82) is 0 Å². The molecule has 0 saturated carbocycles. The van der Waals surface area contributed by atoms with Crippen LogP contribution in [0.5, 0.6) is 0 Å². The number of amidine groups is 1. The Hall–Kier alpha value is -3.35. The second-order valence-electron chi connectivity index (χ2n) is 7.88. The van der Waals surface area contributed by atoms with Gasteiger partial charge in [-0.1, -0.05) is 23.7 Å². The van der Waals surface area contributed by atoms with Crippen LogP contribution in [0.25, 0.3) is 17.0 Å². The van der Waals surface area contributed by atoms with Crippen LogP contribution >= 0.6 is 23.4 Å². The van der Waals surface area contributed by atoms with Crippen LogP contribution in [0.1, 0.15) is 16.7 Å². The van der Waals surface area contributed by atoms with E-state index in [9.17, 15) is 33.0 Å². The van der Waals surface area contributed by atoms with Gasteiger partial charge in [0, 0.05) is 17.5 Å². The second kappa shape index (κ2) is 9.96. The van der Waals surface area contributed by atoms with E-state index in [0.717, 1.165) is 17.8 Å². The number of carbonyl (C=O) groups excluding carboxylic acids is 1. The summed E-state index contributed by atoms with van der Waals surface area (Å²) in [6.45, 7) is -0.775. The number of hydrogen-bond acceptors (Lipinski definition) is 6. The van der Waals surface area contributed by atoms with Crippen molar-refractivity contribution in [2.24, 2.45) is 4.99 Å². The maximum atomic E-state index is 13.5. The number of aliphatic carboxylic acids is 1. The summed E-state index contributed by atoms with van der Waals surface area (Å²) in [6.07, 6.45) is -1.48. The molecule has 1 unspecified atom stereocenters. The van der Waals surface area contributed by atoms with E-state index in [4.69, 9.17) is 11.6 Å². The number of aromatic nitrogens is 2. The molecule has 4 rings (SSSR count). The van der Waals surface area contributed by atoms with E-state index in [1.165, 1.54) is 35.0 Å². The molecule has 188 valence electrons. The van der Waals surface area contributed by atoms with Crippen LogP contribution < -0.4 is 0 Å². The number of nitrogens with zero attached hydrogens (tertiary/aromatic N) is 4. The van der Waals surface area contributed by atoms with Gasteiger partial charge in [-0.2, -0.15) is 23.3 Å². The minimum absolute atomic E-state index is 0.0124. The number of amides is 1. The molecule has 1 aliphatic rings. The Balaban J connectivity index is 1.57. The molecule has 2 N–H and O–H groups in total. The van der Waals surface area contributed by atoms with Crippen LogP contribution in [0.2, 0.25) is 5.02 Å². The molecule has 1 amide bonds. The third kappa shape index (κ3) is 5.25. The SMILES string of the molecule is CN(C1=NC(=O)C(=Cc2ccc3c(cnn3Cc3ccc(Cl)cc3C(F)(F)F)c2)S1)C(CO)C(=O)O. The Morgan fingerprint density at radius 2 is 2.03 bits per heavy atom. The Morgan fingerprint density at radius 3 is 2.69 bits per heavy atom. The molecule has 8 nitrogen and oxygen atoms in total. The van der Waals surface area contributed by atoms with Gasteiger partial charge in [-0.25, -0.2) is 4.79 Å². The first-order valence-electron chi connectivity index (χ1n) is 10.4. The van der Waals surface area contributed by atoms with Gasteiger partial charge in [0.05, 0.1) is 35.3 Å². The van der Waals surface area contributed by atoms with Crippen LogP contribution in [0.3, 0.4) is 0 Å². The molecule has 3 aromatic rings. The smallest absolute Gasteiger partial charge is 0.416 e. The first kappa shape index (κ1) is 25.7. The van der Waals surface area contributed by atoms with Gasteiger partial charge in [0.1, 0.15) is 0 Å². The number of carboxylic acid groups (broad SMARTS) is 1. The van der Waals surface area contributed by atoms with E-state index in [2.05, 4.69) is 10.1 Å². The minimum Gasteiger partial charge on any atom is -0.480 e. The summed E-state index contributed by atoms with van der Waals surface area (Å²) in [5, 5.41) is 23.5. The van der Waals surface area contributed by atoms with Crippen LogP contribution in [0, 0.1) is 0 Å². The molecule has 13 heteroatoms. The highest BCUT2D eigenvalue weighted by Gasteiger charge is 2.34. The molecule has 1 atom stereocenters. The average Bonchev–Trinajstić information content (AvgIpc) is 3.37. The number of aliphatic imine (C=N–C) groups is 1. The lowest BCUT2D eigenvalue weighted by molar-refractivity contribution is -0.142. The molecule has 0 spiro atoms. The topological polar surface area (TPSA) is 108 Å². The van der Waals surface area contributed by atoms with Gasteiger partial charge in [-0.3, -0.25) is 9.48 Å². The fourth-order valence-corrected chi connectivity index (χ4v) is 4.73. The summed E-state index contributed by atoms with van der Waals surface area (Å²) in [6, 6.07) is 7.44. The summed E-state index contributed by atoms with van der Waals surface area (Å²) < 4.78 is 41.8. The van der Waals surface area contributed by atoms with Gasteiger partial charge in [0.25, 0.3) is 5.91 Å². The standard InChI is InChI=1S/C23H18ClF3N4O4S/c1-30(18(11-32)21(34)35)22-29-20(33)19(36-22)7-12-2-5-17-14(6-12)9-28-31(17)10-13-3-4-15(24)8-16(13)23(25,26)27/h2-9,18,32H,10-11H2,1H3,(H,34,35). The Kier molecular flexibility index (Phi) is 7.12. The van der Waals surface area contributed by atoms with E-state index in [0.29, 0.717) is 16.5 Å². The number of carbonyl (C=O) groups is 2. The number of likely N-dealkylation sites (N-methyl/N-ethyl adjacent to an activating group) is 1. The molecule has 1 aromatic heterocycles. The predicted octanol–water partition coefficient (Wildman–Crippen LogP) is 4.10. The summed E-state index contributed by atoms with van der Waals surface area (Å²) in [7, 11) is 1.42. The van der Waals surface area contributed by atoms with Crippen molar-refractivity contribution in [3.63, 3.8) is 0 Å². The number of fused-ring (bicyclic) bond motifs is 1. The fraction of sp³-hybridized carbons (Fsp3) is 0.217. The van der Waals surface area contributed by atoms with E-state index < -0.39 is 36.3 Å². The minimum atomic E-state index is -4.56. The van der Waals surface area contributed by atoms with E-state index in [-0.39, 0.29) is 27.2 Å². The number of carboxylic acids is 1. The third-order valence-electron chi connectivity index (χ3n) is 5.50. The van der Waals surface area contributed by atoms with Crippen molar-refractivity contribution in [2.75, 3.05) is 13.7 Å². The Labute approximate surface area is 211 Å². The second-order valence-corrected chi connectivity index (χ2v) is 9.32. The van der Waals surface area contributed by atoms with Crippen LogP contribution in [-0.2, 0) is 22.3 Å². The maximum absolute atomic E-state index is 13.5. The quantitative estimate of drug-likeness (QED) is 0.455. The monoisotopic (exact) mass is 538 g/mol. The number of halogens is 4. The number of hydrogen-bond donors (Lipinski definition) is 2. The zero-order chi connectivity index (χ0) is 26.2. The lowest BCUT2D eigenvalue weighted by Crippen LogP contribution is -2.43. The summed E-state index contributed by atoms with van der Waals surface area (Å²) >= 11 is 6.73. The van der Waals surface area contributed by atoms with Crippen molar-refractivity contribution in [1.82, 2.24) is 14.7 Å². The summed E-state index contributed by atoms with van der Waals surface area (Å²) in [5.41, 5.74) is 0.405. The highest BCUT2D eigenvalue weighted by Crippen LogP contribution is 2.35. The molecule has 1 aliphatic heterocycles. The largest absolute Gasteiger partial charge is 0.480 e. The number of aliphatic hydroxyl groups is 1. The van der Waals surface area contributed by atoms with Gasteiger partial charge in [0.2, 0.25) is 0 Å². The average molecular weight is 539 g/mol. The molecule has 36 heavy (non-hydrogen) atoms. The maximum Gasteiger partial charge on any atom is 0.416 e. The van der Waals surface area contributed by atoms with Crippen molar-refractivity contribution in [3.8, 4) is 0 Å². The molecular weight excluding hydrogens is 521 g/mol. The van der Waals surface area contributed by atoms with Crippen molar-refractivity contribution < 1.29 is 33.0 Å². The number of alkyl halides is 3. The lowest BCUT2D eigenvalue weighted by Gasteiger charge is -2.23. The Morgan fingerprint density at radius 1 is 1.28 bits per heavy atom. The molecule has 0 bridgehead atoms. The molecule has 2 heterocycles. The number of thioether (sulfide) groups is 1. The summed E-state index contributed by atoms with van der Waals surface area (Å²) in [4.78, 5) is 29.0. The molecule has 2 aromatic carbocycles. The molecule has 0 radical (unpaired) electrons. The fourth-order valence-electron chi connectivity index (χ4n) is 3.63. The molecule has 0 aliphatic carbocycles. The van der Waals surface area contributed by atoms with Gasteiger partial charge < -0.3 is 15.1 Å². The van der Waals surface area contributed by atoms with Crippen LogP contribution in [-0.4, -0.2) is 61.6 Å². The summed E-state index contributed by atoms with van der Waals surface area (Å²) in [5.74, 6) is -1.81. The zero-order valence-electron chi connectivity index (χ0n) is 18.5. The zero-order valence-corrected chi connectivity index (χ0v) is 20.1. The van der Waals surface area contributed by atoms with E-state index in [1.54, 1.807) is 24.3 Å². The van der Waals surface area contributed by atoms with Gasteiger partial charge in [-0.15, -0.1) is 0 Å². The number of aliphatic hydroxyl groups excluding tert-OH is 1. The number of rotatable bonds is 6. The Bertz CT molecular complexity index is 1420.